The highest BCUT2D eigenvalue weighted by Crippen LogP contribution is 2.42. The summed E-state index contributed by atoms with van der Waals surface area (Å²) in [6.07, 6.45) is 1.63. The van der Waals surface area contributed by atoms with E-state index in [0.29, 0.717) is 24.7 Å². The van der Waals surface area contributed by atoms with Gasteiger partial charge in [0.1, 0.15) is 5.69 Å². The minimum atomic E-state index is -1.88. The molecule has 0 spiro atoms. The molecule has 5 rings (SSSR count). The summed E-state index contributed by atoms with van der Waals surface area (Å²) in [5.41, 5.74) is 4.39. The maximum atomic E-state index is 11.3. The lowest BCUT2D eigenvalue weighted by Crippen LogP contribution is -2.36. The number of hydrogen-bond donors (Lipinski definition) is 1. The molecule has 1 fully saturated rings. The molecule has 8 nitrogen and oxygen atoms in total. The highest BCUT2D eigenvalue weighted by Gasteiger charge is 2.23. The van der Waals surface area contributed by atoms with Crippen LogP contribution in [0.15, 0.2) is 42.6 Å². The van der Waals surface area contributed by atoms with Gasteiger partial charge in [0, 0.05) is 24.2 Å². The standard InChI is InChI=1S/C22H21N5O3S2/c1-14-18-20(31-19(14)16-5-2-4-15(12-16)13-32(28)29)22(27-8-10-30-11-9-27)25-21(24-18)17-6-3-7-23-26-17/h2-7,12H,8-11,13H2,1H3,(H,28,29). The van der Waals surface area contributed by atoms with E-state index in [1.807, 2.05) is 36.4 Å². The molecule has 1 N–H and O–H groups in total. The predicted octanol–water partition coefficient (Wildman–Crippen LogP) is 3.68. The van der Waals surface area contributed by atoms with E-state index in [1.54, 1.807) is 17.5 Å². The third-order valence-corrected chi connectivity index (χ3v) is 7.25. The molecule has 32 heavy (non-hydrogen) atoms. The second-order valence-electron chi connectivity index (χ2n) is 7.48. The first-order chi connectivity index (χ1) is 15.6. The molecule has 0 bridgehead atoms. The van der Waals surface area contributed by atoms with Crippen LogP contribution < -0.4 is 4.90 Å². The normalized spacial score (nSPS) is 15.2. The van der Waals surface area contributed by atoms with E-state index >= 15 is 0 Å². The van der Waals surface area contributed by atoms with Gasteiger partial charge in [0.05, 0.1) is 29.2 Å². The molecule has 10 heteroatoms. The van der Waals surface area contributed by atoms with Gasteiger partial charge in [-0.15, -0.1) is 16.4 Å². The summed E-state index contributed by atoms with van der Waals surface area (Å²) < 4.78 is 27.1. The van der Waals surface area contributed by atoms with Crippen LogP contribution in [0.5, 0.6) is 0 Å². The van der Waals surface area contributed by atoms with Crippen LogP contribution >= 0.6 is 11.3 Å². The van der Waals surface area contributed by atoms with Crippen LogP contribution in [0.3, 0.4) is 0 Å². The van der Waals surface area contributed by atoms with Gasteiger partial charge < -0.3 is 14.2 Å². The molecule has 0 aliphatic carbocycles. The Labute approximate surface area is 191 Å². The number of anilines is 1. The van der Waals surface area contributed by atoms with Crippen LogP contribution in [-0.4, -0.2) is 55.2 Å². The molecule has 1 unspecified atom stereocenters. The molecule has 1 aliphatic rings. The van der Waals surface area contributed by atoms with Crippen LogP contribution in [0.1, 0.15) is 11.1 Å². The van der Waals surface area contributed by atoms with Crippen LogP contribution in [0.4, 0.5) is 5.82 Å². The van der Waals surface area contributed by atoms with Gasteiger partial charge in [0.15, 0.2) is 22.7 Å². The van der Waals surface area contributed by atoms with Gasteiger partial charge in [-0.25, -0.2) is 14.2 Å². The molecule has 0 amide bonds. The number of fused-ring (bicyclic) bond motifs is 1. The minimum absolute atomic E-state index is 0.105. The SMILES string of the molecule is Cc1c(-c2cccc(CS(=O)O)c2)sc2c(N3CCOCC3)nc(-c3cccnn3)nc12. The Balaban J connectivity index is 1.69. The number of benzene rings is 1. The summed E-state index contributed by atoms with van der Waals surface area (Å²) in [5, 5.41) is 8.19. The van der Waals surface area contributed by atoms with E-state index in [2.05, 4.69) is 22.0 Å². The Hall–Kier alpha value is -2.79. The van der Waals surface area contributed by atoms with Crippen molar-refractivity contribution in [3.05, 3.63) is 53.7 Å². The fraction of sp³-hybridized carbons (Fsp3) is 0.273. The molecule has 0 radical (unpaired) electrons. The smallest absolute Gasteiger partial charge is 0.182 e. The maximum Gasteiger partial charge on any atom is 0.182 e. The average molecular weight is 468 g/mol. The number of aryl methyl sites for hydroxylation is 1. The Morgan fingerprint density at radius 1 is 1.19 bits per heavy atom. The van der Waals surface area contributed by atoms with Crippen molar-refractivity contribution in [1.82, 2.24) is 20.2 Å². The van der Waals surface area contributed by atoms with Crippen LogP contribution in [0.25, 0.3) is 32.2 Å². The van der Waals surface area contributed by atoms with E-state index in [9.17, 15) is 8.76 Å². The second kappa shape index (κ2) is 8.99. The Morgan fingerprint density at radius 2 is 2.03 bits per heavy atom. The summed E-state index contributed by atoms with van der Waals surface area (Å²) in [4.78, 5) is 13.1. The first kappa shape index (κ1) is 21.1. The number of ether oxygens (including phenoxy) is 1. The van der Waals surface area contributed by atoms with Crippen molar-refractivity contribution in [3.8, 4) is 22.0 Å². The van der Waals surface area contributed by atoms with Gasteiger partial charge in [0.2, 0.25) is 0 Å². The Bertz CT molecular complexity index is 1290. The second-order valence-corrected chi connectivity index (χ2v) is 9.43. The maximum absolute atomic E-state index is 11.3. The molecule has 164 valence electrons. The summed E-state index contributed by atoms with van der Waals surface area (Å²) in [5.74, 6) is 1.53. The van der Waals surface area contributed by atoms with Crippen molar-refractivity contribution in [2.45, 2.75) is 12.7 Å². The van der Waals surface area contributed by atoms with Gasteiger partial charge in [-0.05, 0) is 41.8 Å². The Morgan fingerprint density at radius 3 is 2.78 bits per heavy atom. The van der Waals surface area contributed by atoms with Crippen molar-refractivity contribution >= 4 is 38.5 Å². The van der Waals surface area contributed by atoms with Gasteiger partial charge in [-0.2, -0.15) is 5.10 Å². The van der Waals surface area contributed by atoms with Crippen molar-refractivity contribution in [2.24, 2.45) is 0 Å². The minimum Gasteiger partial charge on any atom is -0.378 e. The number of rotatable bonds is 5. The summed E-state index contributed by atoms with van der Waals surface area (Å²) in [7, 11) is 0. The first-order valence-corrected chi connectivity index (χ1v) is 12.3. The van der Waals surface area contributed by atoms with Gasteiger partial charge in [-0.1, -0.05) is 18.2 Å². The van der Waals surface area contributed by atoms with Gasteiger partial charge >= 0.3 is 0 Å². The molecule has 3 aromatic heterocycles. The predicted molar refractivity (Wildman–Crippen MR) is 126 cm³/mol. The molecule has 1 aliphatic heterocycles. The van der Waals surface area contributed by atoms with Crippen LogP contribution in [0.2, 0.25) is 0 Å². The zero-order chi connectivity index (χ0) is 22.1. The first-order valence-electron chi connectivity index (χ1n) is 10.2. The van der Waals surface area contributed by atoms with E-state index in [1.165, 1.54) is 0 Å². The highest BCUT2D eigenvalue weighted by atomic mass is 32.2. The molecular formula is C22H21N5O3S2. The topological polar surface area (TPSA) is 101 Å². The van der Waals surface area contributed by atoms with E-state index in [4.69, 9.17) is 14.7 Å². The summed E-state index contributed by atoms with van der Waals surface area (Å²) in [6, 6.07) is 11.5. The quantitative estimate of drug-likeness (QED) is 0.444. The third-order valence-electron chi connectivity index (χ3n) is 5.34. The Kier molecular flexibility index (Phi) is 5.92. The highest BCUT2D eigenvalue weighted by molar-refractivity contribution is 7.78. The monoisotopic (exact) mass is 467 g/mol. The molecule has 1 saturated heterocycles. The molecule has 0 saturated carbocycles. The molecule has 4 heterocycles. The average Bonchev–Trinajstić information content (AvgIpc) is 3.16. The van der Waals surface area contributed by atoms with Gasteiger partial charge in [0.25, 0.3) is 0 Å². The third kappa shape index (κ3) is 4.14. The molecule has 1 atom stereocenters. The van der Waals surface area contributed by atoms with Crippen molar-refractivity contribution in [2.75, 3.05) is 31.2 Å². The fourth-order valence-corrected chi connectivity index (χ4v) is 5.54. The summed E-state index contributed by atoms with van der Waals surface area (Å²) in [6.45, 7) is 4.89. The van der Waals surface area contributed by atoms with E-state index in [-0.39, 0.29) is 5.75 Å². The largest absolute Gasteiger partial charge is 0.378 e. The van der Waals surface area contributed by atoms with Crippen molar-refractivity contribution < 1.29 is 13.5 Å². The zero-order valence-corrected chi connectivity index (χ0v) is 19.0. The van der Waals surface area contributed by atoms with Gasteiger partial charge in [-0.3, -0.25) is 0 Å². The number of hydrogen-bond acceptors (Lipinski definition) is 8. The number of thiophene rings is 1. The number of morpholine rings is 1. The molecular weight excluding hydrogens is 446 g/mol. The lowest BCUT2D eigenvalue weighted by atomic mass is 10.1. The number of nitrogens with zero attached hydrogens (tertiary/aromatic N) is 5. The molecule has 1 aromatic carbocycles. The zero-order valence-electron chi connectivity index (χ0n) is 17.4. The summed E-state index contributed by atoms with van der Waals surface area (Å²) >= 11 is -0.236. The van der Waals surface area contributed by atoms with Crippen LogP contribution in [-0.2, 0) is 21.6 Å². The number of aromatic nitrogens is 4. The fourth-order valence-electron chi connectivity index (χ4n) is 3.82. The van der Waals surface area contributed by atoms with Crippen molar-refractivity contribution in [3.63, 3.8) is 0 Å². The molecule has 4 aromatic rings. The lowest BCUT2D eigenvalue weighted by Gasteiger charge is -2.28. The van der Waals surface area contributed by atoms with E-state index < -0.39 is 11.1 Å². The van der Waals surface area contributed by atoms with Crippen LogP contribution in [0, 0.1) is 6.92 Å². The van der Waals surface area contributed by atoms with Crippen molar-refractivity contribution in [1.29, 1.82) is 0 Å². The lowest BCUT2D eigenvalue weighted by molar-refractivity contribution is 0.122. The van der Waals surface area contributed by atoms with E-state index in [0.717, 1.165) is 50.7 Å².